The van der Waals surface area contributed by atoms with Crippen LogP contribution in [0.2, 0.25) is 0 Å². The number of thioether (sulfide) groups is 1. The number of likely N-dealkylation sites (tertiary alicyclic amines) is 1. The van der Waals surface area contributed by atoms with Crippen LogP contribution in [0.4, 0.5) is 5.69 Å². The summed E-state index contributed by atoms with van der Waals surface area (Å²) in [4.78, 5) is 42.7. The van der Waals surface area contributed by atoms with Crippen molar-refractivity contribution in [2.45, 2.75) is 29.6 Å². The maximum Gasteiger partial charge on any atom is 0.230 e. The molecule has 2 N–H and O–H groups in total. The molecule has 160 valence electrons. The van der Waals surface area contributed by atoms with Crippen LogP contribution in [0, 0.1) is 5.92 Å². The molecule has 4 rings (SSSR count). The molecule has 8 nitrogen and oxygen atoms in total. The Hall–Kier alpha value is -2.17. The van der Waals surface area contributed by atoms with Gasteiger partial charge in [0.2, 0.25) is 17.7 Å². The van der Waals surface area contributed by atoms with Crippen LogP contribution >= 0.6 is 23.1 Å². The fraction of sp³-hybridized carbons (Fsp3) is 0.500. The van der Waals surface area contributed by atoms with Crippen molar-refractivity contribution in [1.29, 1.82) is 0 Å². The Labute approximate surface area is 182 Å². The molecule has 0 radical (unpaired) electrons. The van der Waals surface area contributed by atoms with Crippen molar-refractivity contribution in [1.82, 2.24) is 15.2 Å². The van der Waals surface area contributed by atoms with Gasteiger partial charge in [0.05, 0.1) is 28.6 Å². The molecule has 1 aromatic carbocycles. The van der Waals surface area contributed by atoms with E-state index in [-0.39, 0.29) is 36.1 Å². The topological polar surface area (TPSA) is 101 Å². The van der Waals surface area contributed by atoms with Crippen LogP contribution in [-0.2, 0) is 19.1 Å². The summed E-state index contributed by atoms with van der Waals surface area (Å²) in [6, 6.07) is 5.68. The van der Waals surface area contributed by atoms with Gasteiger partial charge in [0.1, 0.15) is 0 Å². The van der Waals surface area contributed by atoms with E-state index in [2.05, 4.69) is 15.6 Å². The first-order chi connectivity index (χ1) is 14.5. The van der Waals surface area contributed by atoms with Crippen LogP contribution in [0.1, 0.15) is 19.3 Å². The first-order valence-corrected chi connectivity index (χ1v) is 11.7. The molecule has 3 amide bonds. The average Bonchev–Trinajstić information content (AvgIpc) is 3.37. The van der Waals surface area contributed by atoms with Crippen LogP contribution in [0.25, 0.3) is 10.2 Å². The van der Waals surface area contributed by atoms with Gasteiger partial charge in [-0.05, 0) is 31.0 Å². The van der Waals surface area contributed by atoms with E-state index in [9.17, 15) is 14.4 Å². The molecule has 30 heavy (non-hydrogen) atoms. The standard InChI is InChI=1S/C20H24N4O4S2/c1-24-6-4-12(8-18(24)26)19(27)22-13-2-3-15-16(9-13)30-20(23-15)29-11-17(25)21-14-5-7-28-10-14/h2-3,9,12,14H,4-8,10-11H2,1H3,(H,21,25)(H,22,27)/t12-,14+/m0/s1. The third kappa shape index (κ3) is 5.11. The molecule has 2 aliphatic heterocycles. The summed E-state index contributed by atoms with van der Waals surface area (Å²) in [7, 11) is 1.76. The molecule has 0 spiro atoms. The van der Waals surface area contributed by atoms with Crippen molar-refractivity contribution in [2.24, 2.45) is 5.92 Å². The van der Waals surface area contributed by atoms with Gasteiger partial charge in [-0.25, -0.2) is 4.98 Å². The summed E-state index contributed by atoms with van der Waals surface area (Å²) < 4.78 is 7.02. The Kier molecular flexibility index (Phi) is 6.55. The van der Waals surface area contributed by atoms with Gasteiger partial charge in [-0.15, -0.1) is 11.3 Å². The lowest BCUT2D eigenvalue weighted by Gasteiger charge is -2.27. The zero-order valence-corrected chi connectivity index (χ0v) is 18.3. The van der Waals surface area contributed by atoms with E-state index >= 15 is 0 Å². The number of carbonyl (C=O) groups excluding carboxylic acids is 3. The van der Waals surface area contributed by atoms with E-state index in [0.717, 1.165) is 21.0 Å². The molecule has 0 unspecified atom stereocenters. The third-order valence-corrected chi connectivity index (χ3v) is 7.45. The van der Waals surface area contributed by atoms with Crippen LogP contribution in [0.5, 0.6) is 0 Å². The maximum absolute atomic E-state index is 12.5. The van der Waals surface area contributed by atoms with Gasteiger partial charge >= 0.3 is 0 Å². The van der Waals surface area contributed by atoms with Gasteiger partial charge in [-0.2, -0.15) is 0 Å². The van der Waals surface area contributed by atoms with Crippen LogP contribution in [-0.4, -0.2) is 66.2 Å². The number of rotatable bonds is 6. The SMILES string of the molecule is CN1CC[C@H](C(=O)Nc2ccc3nc(SCC(=O)N[C@@H]4CCOC4)sc3c2)CC1=O. The largest absolute Gasteiger partial charge is 0.379 e. The Morgan fingerprint density at radius 3 is 3.00 bits per heavy atom. The van der Waals surface area contributed by atoms with E-state index in [1.165, 1.54) is 23.1 Å². The number of amides is 3. The van der Waals surface area contributed by atoms with Crippen molar-refractivity contribution in [2.75, 3.05) is 37.9 Å². The van der Waals surface area contributed by atoms with Crippen LogP contribution in [0.15, 0.2) is 22.5 Å². The van der Waals surface area contributed by atoms with Gasteiger partial charge in [0, 0.05) is 38.2 Å². The quantitative estimate of drug-likeness (QED) is 0.657. The summed E-state index contributed by atoms with van der Waals surface area (Å²) >= 11 is 2.90. The molecule has 2 aromatic rings. The molecule has 0 bridgehead atoms. The predicted molar refractivity (Wildman–Crippen MR) is 117 cm³/mol. The number of ether oxygens (including phenoxy) is 1. The van der Waals surface area contributed by atoms with Crippen molar-refractivity contribution in [3.8, 4) is 0 Å². The number of nitrogens with one attached hydrogen (secondary N) is 2. The highest BCUT2D eigenvalue weighted by atomic mass is 32.2. The van der Waals surface area contributed by atoms with Crippen molar-refractivity contribution >= 4 is 56.7 Å². The lowest BCUT2D eigenvalue weighted by Crippen LogP contribution is -2.39. The van der Waals surface area contributed by atoms with E-state index in [0.29, 0.717) is 37.6 Å². The Bertz CT molecular complexity index is 957. The molecule has 2 aliphatic rings. The van der Waals surface area contributed by atoms with Crippen molar-refractivity contribution in [3.05, 3.63) is 18.2 Å². The number of anilines is 1. The first-order valence-electron chi connectivity index (χ1n) is 9.93. The molecule has 2 saturated heterocycles. The third-order valence-electron chi connectivity index (χ3n) is 5.29. The van der Waals surface area contributed by atoms with Gasteiger partial charge in [-0.3, -0.25) is 14.4 Å². The lowest BCUT2D eigenvalue weighted by atomic mass is 9.95. The summed E-state index contributed by atoms with van der Waals surface area (Å²) in [5, 5.41) is 5.89. The van der Waals surface area contributed by atoms with Gasteiger partial charge < -0.3 is 20.3 Å². The molecule has 10 heteroatoms. The van der Waals surface area contributed by atoms with Gasteiger partial charge in [-0.1, -0.05) is 11.8 Å². The second-order valence-electron chi connectivity index (χ2n) is 7.57. The Morgan fingerprint density at radius 1 is 1.37 bits per heavy atom. The Balaban J connectivity index is 1.33. The smallest absolute Gasteiger partial charge is 0.230 e. The molecule has 2 atom stereocenters. The summed E-state index contributed by atoms with van der Waals surface area (Å²) in [6.45, 7) is 1.88. The number of nitrogens with zero attached hydrogens (tertiary/aromatic N) is 2. The molecule has 2 fully saturated rings. The predicted octanol–water partition coefficient (Wildman–Crippen LogP) is 2.10. The number of hydrogen-bond donors (Lipinski definition) is 2. The van der Waals surface area contributed by atoms with Crippen molar-refractivity contribution in [3.63, 3.8) is 0 Å². The second kappa shape index (κ2) is 9.32. The number of carbonyl (C=O) groups is 3. The minimum atomic E-state index is -0.291. The highest BCUT2D eigenvalue weighted by Crippen LogP contribution is 2.31. The van der Waals surface area contributed by atoms with Crippen LogP contribution < -0.4 is 10.6 Å². The summed E-state index contributed by atoms with van der Waals surface area (Å²) in [5.74, 6) is -0.117. The monoisotopic (exact) mass is 448 g/mol. The number of hydrogen-bond acceptors (Lipinski definition) is 7. The van der Waals surface area contributed by atoms with E-state index in [1.807, 2.05) is 18.2 Å². The number of fused-ring (bicyclic) bond motifs is 1. The van der Waals surface area contributed by atoms with Crippen LogP contribution in [0.3, 0.4) is 0 Å². The highest BCUT2D eigenvalue weighted by molar-refractivity contribution is 8.01. The lowest BCUT2D eigenvalue weighted by molar-refractivity contribution is -0.137. The number of benzene rings is 1. The van der Waals surface area contributed by atoms with E-state index in [1.54, 1.807) is 11.9 Å². The van der Waals surface area contributed by atoms with Gasteiger partial charge in [0.25, 0.3) is 0 Å². The number of aromatic nitrogens is 1. The minimum Gasteiger partial charge on any atom is -0.379 e. The molecule has 1 aromatic heterocycles. The fourth-order valence-corrected chi connectivity index (χ4v) is 5.42. The molecule has 0 saturated carbocycles. The zero-order valence-electron chi connectivity index (χ0n) is 16.7. The van der Waals surface area contributed by atoms with Gasteiger partial charge in [0.15, 0.2) is 4.34 Å². The number of thiazole rings is 1. The van der Waals surface area contributed by atoms with E-state index < -0.39 is 0 Å². The zero-order chi connectivity index (χ0) is 21.1. The average molecular weight is 449 g/mol. The maximum atomic E-state index is 12.5. The molecule has 0 aliphatic carbocycles. The van der Waals surface area contributed by atoms with Crippen molar-refractivity contribution < 1.29 is 19.1 Å². The number of piperidine rings is 1. The molecular formula is C20H24N4O4S2. The second-order valence-corrected chi connectivity index (χ2v) is 9.83. The van der Waals surface area contributed by atoms with E-state index in [4.69, 9.17) is 4.74 Å². The highest BCUT2D eigenvalue weighted by Gasteiger charge is 2.28. The fourth-order valence-electron chi connectivity index (χ4n) is 3.50. The molecule has 3 heterocycles. The minimum absolute atomic E-state index is 0.00506. The first kappa shape index (κ1) is 21.1. The Morgan fingerprint density at radius 2 is 2.23 bits per heavy atom. The normalized spacial score (nSPS) is 21.8. The molecular weight excluding hydrogens is 424 g/mol. The summed E-state index contributed by atoms with van der Waals surface area (Å²) in [5.41, 5.74) is 1.53. The summed E-state index contributed by atoms with van der Waals surface area (Å²) in [6.07, 6.45) is 1.78.